The molecule has 27 heavy (non-hydrogen) atoms. The molecule has 4 heterocycles. The van der Waals surface area contributed by atoms with E-state index in [9.17, 15) is 9.59 Å². The van der Waals surface area contributed by atoms with Crippen LogP contribution < -0.4 is 10.5 Å². The van der Waals surface area contributed by atoms with Crippen molar-refractivity contribution in [1.82, 2.24) is 24.6 Å². The number of anilines is 1. The smallest absolute Gasteiger partial charge is 0.255 e. The number of hydrogen-bond donors (Lipinski definition) is 1. The van der Waals surface area contributed by atoms with Crippen LogP contribution in [0.1, 0.15) is 23.0 Å². The molecular weight excluding hydrogens is 344 g/mol. The van der Waals surface area contributed by atoms with Gasteiger partial charge in [-0.1, -0.05) is 0 Å². The van der Waals surface area contributed by atoms with Gasteiger partial charge in [0, 0.05) is 56.9 Å². The van der Waals surface area contributed by atoms with Crippen LogP contribution in [0.3, 0.4) is 0 Å². The molecule has 1 amide bonds. The highest BCUT2D eigenvalue weighted by Crippen LogP contribution is 2.23. The Hall–Kier alpha value is -3.16. The Balaban J connectivity index is 1.63. The minimum atomic E-state index is -0.294. The summed E-state index contributed by atoms with van der Waals surface area (Å²) in [4.78, 5) is 36.2. The Morgan fingerprint density at radius 2 is 2.00 bits per heavy atom. The summed E-state index contributed by atoms with van der Waals surface area (Å²) in [6.45, 7) is 5.87. The second-order valence-corrected chi connectivity index (χ2v) is 6.98. The van der Waals surface area contributed by atoms with E-state index in [0.29, 0.717) is 29.7 Å². The number of hydrogen-bond acceptors (Lipinski definition) is 5. The van der Waals surface area contributed by atoms with Crippen molar-refractivity contribution in [2.75, 3.05) is 24.5 Å². The molecule has 3 aromatic heterocycles. The summed E-state index contributed by atoms with van der Waals surface area (Å²) in [6, 6.07) is 5.51. The number of H-pyrrole nitrogens is 1. The first-order chi connectivity index (χ1) is 13.0. The number of carbonyl (C=O) groups excluding carboxylic acids is 1. The number of fused-ring (bicyclic) bond motifs is 1. The fourth-order valence-electron chi connectivity index (χ4n) is 3.88. The van der Waals surface area contributed by atoms with E-state index < -0.39 is 0 Å². The Kier molecular flexibility index (Phi) is 4.18. The molecule has 140 valence electrons. The number of rotatable bonds is 2. The third-order valence-corrected chi connectivity index (χ3v) is 5.15. The predicted molar refractivity (Wildman–Crippen MR) is 103 cm³/mol. The largest absolute Gasteiger partial charge is 0.365 e. The molecular formula is C19H22N6O2. The molecule has 1 atom stereocenters. The molecule has 1 aliphatic rings. The molecule has 1 fully saturated rings. The molecule has 1 aliphatic heterocycles. The third kappa shape index (κ3) is 2.97. The summed E-state index contributed by atoms with van der Waals surface area (Å²) < 4.78 is 1.60. The van der Waals surface area contributed by atoms with Gasteiger partial charge >= 0.3 is 0 Å². The maximum atomic E-state index is 13.2. The highest BCUT2D eigenvalue weighted by Gasteiger charge is 2.29. The SMILES string of the molecule is Cc1nn(C)c2[nH]c(=O)cc(C(=O)N3CCN(c4ccncc4)C(C)C3)c12. The minimum Gasteiger partial charge on any atom is -0.365 e. The molecule has 3 aromatic rings. The van der Waals surface area contributed by atoms with Gasteiger partial charge in [0.25, 0.3) is 5.91 Å². The molecule has 1 N–H and O–H groups in total. The summed E-state index contributed by atoms with van der Waals surface area (Å²) >= 11 is 0. The van der Waals surface area contributed by atoms with E-state index in [4.69, 9.17) is 0 Å². The fourth-order valence-corrected chi connectivity index (χ4v) is 3.88. The number of nitrogens with zero attached hydrogens (tertiary/aromatic N) is 5. The number of piperazine rings is 1. The Morgan fingerprint density at radius 1 is 1.26 bits per heavy atom. The fraction of sp³-hybridized carbons (Fsp3) is 0.368. The predicted octanol–water partition coefficient (Wildman–Crippen LogP) is 1.32. The molecule has 0 radical (unpaired) electrons. The normalized spacial score (nSPS) is 17.5. The molecule has 0 aromatic carbocycles. The molecule has 0 saturated carbocycles. The van der Waals surface area contributed by atoms with Crippen molar-refractivity contribution in [1.29, 1.82) is 0 Å². The summed E-state index contributed by atoms with van der Waals surface area (Å²) in [7, 11) is 1.76. The minimum absolute atomic E-state index is 0.122. The summed E-state index contributed by atoms with van der Waals surface area (Å²) in [6.07, 6.45) is 3.55. The van der Waals surface area contributed by atoms with Gasteiger partial charge < -0.3 is 14.8 Å². The number of aryl methyl sites for hydroxylation is 2. The van der Waals surface area contributed by atoms with Crippen molar-refractivity contribution in [3.63, 3.8) is 0 Å². The first kappa shape index (κ1) is 17.3. The van der Waals surface area contributed by atoms with E-state index >= 15 is 0 Å². The lowest BCUT2D eigenvalue weighted by atomic mass is 10.1. The average Bonchev–Trinajstić information content (AvgIpc) is 2.95. The highest BCUT2D eigenvalue weighted by molar-refractivity contribution is 6.06. The molecule has 4 rings (SSSR count). The topological polar surface area (TPSA) is 87.1 Å². The highest BCUT2D eigenvalue weighted by atomic mass is 16.2. The molecule has 0 aliphatic carbocycles. The van der Waals surface area contributed by atoms with Gasteiger partial charge in [0.05, 0.1) is 16.6 Å². The second kappa shape index (κ2) is 6.53. The van der Waals surface area contributed by atoms with E-state index in [-0.39, 0.29) is 17.5 Å². The first-order valence-corrected chi connectivity index (χ1v) is 8.98. The number of pyridine rings is 2. The standard InChI is InChI=1S/C19H22N6O2/c1-12-11-24(8-9-25(12)14-4-6-20-7-5-14)19(27)15-10-16(26)21-18-17(15)13(2)22-23(18)3/h4-7,10,12H,8-9,11H2,1-3H3,(H,21,26). The van der Waals surface area contributed by atoms with E-state index in [2.05, 4.69) is 26.9 Å². The van der Waals surface area contributed by atoms with Crippen molar-refractivity contribution in [2.45, 2.75) is 19.9 Å². The van der Waals surface area contributed by atoms with E-state index in [1.165, 1.54) is 6.07 Å². The van der Waals surface area contributed by atoms with Crippen LogP contribution in [-0.4, -0.2) is 56.2 Å². The third-order valence-electron chi connectivity index (χ3n) is 5.15. The summed E-state index contributed by atoms with van der Waals surface area (Å²) in [5.74, 6) is -0.122. The van der Waals surface area contributed by atoms with Crippen LogP contribution in [0.15, 0.2) is 35.4 Å². The van der Waals surface area contributed by atoms with Crippen LogP contribution in [-0.2, 0) is 7.05 Å². The summed E-state index contributed by atoms with van der Waals surface area (Å²) in [5, 5.41) is 5.06. The van der Waals surface area contributed by atoms with Crippen molar-refractivity contribution in [3.8, 4) is 0 Å². The Bertz CT molecular complexity index is 1060. The van der Waals surface area contributed by atoms with Crippen molar-refractivity contribution >= 4 is 22.6 Å². The van der Waals surface area contributed by atoms with Crippen molar-refractivity contribution < 1.29 is 4.79 Å². The van der Waals surface area contributed by atoms with Crippen LogP contribution in [0.25, 0.3) is 11.0 Å². The molecule has 0 bridgehead atoms. The molecule has 1 saturated heterocycles. The van der Waals surface area contributed by atoms with Gasteiger partial charge in [-0.2, -0.15) is 5.10 Å². The monoisotopic (exact) mass is 366 g/mol. The zero-order chi connectivity index (χ0) is 19.1. The van der Waals surface area contributed by atoms with Gasteiger partial charge in [-0.3, -0.25) is 19.3 Å². The van der Waals surface area contributed by atoms with Crippen LogP contribution in [0, 0.1) is 6.92 Å². The van der Waals surface area contributed by atoms with E-state index in [1.54, 1.807) is 24.1 Å². The lowest BCUT2D eigenvalue weighted by Crippen LogP contribution is -2.53. The van der Waals surface area contributed by atoms with E-state index in [1.807, 2.05) is 24.0 Å². The maximum Gasteiger partial charge on any atom is 0.255 e. The van der Waals surface area contributed by atoms with Gasteiger partial charge in [-0.05, 0) is 26.0 Å². The van der Waals surface area contributed by atoms with Crippen LogP contribution >= 0.6 is 0 Å². The Morgan fingerprint density at radius 3 is 2.70 bits per heavy atom. The lowest BCUT2D eigenvalue weighted by Gasteiger charge is -2.41. The van der Waals surface area contributed by atoms with Gasteiger partial charge in [0.15, 0.2) is 0 Å². The van der Waals surface area contributed by atoms with Gasteiger partial charge in [-0.25, -0.2) is 0 Å². The van der Waals surface area contributed by atoms with Crippen molar-refractivity contribution in [2.24, 2.45) is 7.05 Å². The molecule has 1 unspecified atom stereocenters. The van der Waals surface area contributed by atoms with Gasteiger partial charge in [0.2, 0.25) is 5.56 Å². The molecule has 0 spiro atoms. The van der Waals surface area contributed by atoms with Crippen LogP contribution in [0.4, 0.5) is 5.69 Å². The van der Waals surface area contributed by atoms with Crippen molar-refractivity contribution in [3.05, 3.63) is 52.2 Å². The maximum absolute atomic E-state index is 13.2. The zero-order valence-electron chi connectivity index (χ0n) is 15.6. The number of amides is 1. The van der Waals surface area contributed by atoms with Gasteiger partial charge in [-0.15, -0.1) is 0 Å². The molecule has 8 nitrogen and oxygen atoms in total. The van der Waals surface area contributed by atoms with Crippen LogP contribution in [0.5, 0.6) is 0 Å². The Labute approximate surface area is 156 Å². The quantitative estimate of drug-likeness (QED) is 0.739. The number of aromatic amines is 1. The number of carbonyl (C=O) groups is 1. The molecule has 8 heteroatoms. The van der Waals surface area contributed by atoms with Gasteiger partial charge in [0.1, 0.15) is 5.65 Å². The first-order valence-electron chi connectivity index (χ1n) is 8.98. The lowest BCUT2D eigenvalue weighted by molar-refractivity contribution is 0.0728. The zero-order valence-corrected chi connectivity index (χ0v) is 15.6. The van der Waals surface area contributed by atoms with E-state index in [0.717, 1.165) is 17.9 Å². The number of nitrogens with one attached hydrogen (secondary N) is 1. The second-order valence-electron chi connectivity index (χ2n) is 6.98. The summed E-state index contributed by atoms with van der Waals surface area (Å²) in [5.41, 5.74) is 2.54. The van der Waals surface area contributed by atoms with Crippen LogP contribution in [0.2, 0.25) is 0 Å². The number of aromatic nitrogens is 4. The average molecular weight is 366 g/mol.